The molecule has 0 bridgehead atoms. The van der Waals surface area contributed by atoms with E-state index in [9.17, 15) is 13.2 Å². The van der Waals surface area contributed by atoms with Gasteiger partial charge in [-0.1, -0.05) is 4.49 Å². The van der Waals surface area contributed by atoms with Gasteiger partial charge in [-0.05, 0) is 11.5 Å². The summed E-state index contributed by atoms with van der Waals surface area (Å²) in [6.07, 6.45) is 0. The molecule has 0 saturated heterocycles. The number of carbonyl (C=O) groups is 1. The fourth-order valence-electron chi connectivity index (χ4n) is 0.661. The third-order valence-corrected chi connectivity index (χ3v) is 2.54. The van der Waals surface area contributed by atoms with Gasteiger partial charge in [-0.25, -0.2) is 13.6 Å². The van der Waals surface area contributed by atoms with E-state index >= 15 is 0 Å². The van der Waals surface area contributed by atoms with Crippen LogP contribution in [0.3, 0.4) is 0 Å². The van der Waals surface area contributed by atoms with Crippen LogP contribution in [-0.2, 0) is 10.0 Å². The van der Waals surface area contributed by atoms with Crippen LogP contribution in [0.4, 0.5) is 0 Å². The molecule has 1 heterocycles. The zero-order chi connectivity index (χ0) is 10.6. The minimum atomic E-state index is -3.54. The van der Waals surface area contributed by atoms with Gasteiger partial charge in [-0.15, -0.1) is 5.10 Å². The molecule has 0 aliphatic heterocycles. The van der Waals surface area contributed by atoms with Gasteiger partial charge in [0, 0.05) is 11.9 Å². The van der Waals surface area contributed by atoms with Crippen molar-refractivity contribution in [2.45, 2.75) is 0 Å². The van der Waals surface area contributed by atoms with Crippen LogP contribution < -0.4 is 10.5 Å². The number of nitrogens with one attached hydrogen (secondary N) is 1. The summed E-state index contributed by atoms with van der Waals surface area (Å²) in [5, 5.41) is 12.1. The van der Waals surface area contributed by atoms with Crippen molar-refractivity contribution in [3.8, 4) is 0 Å². The highest BCUT2D eigenvalue weighted by Crippen LogP contribution is 1.95. The molecule has 7 nitrogen and oxygen atoms in total. The van der Waals surface area contributed by atoms with Crippen molar-refractivity contribution in [1.82, 2.24) is 14.9 Å². The number of carbonyl (C=O) groups excluding carboxylic acids is 1. The molecule has 3 N–H and O–H groups in total. The van der Waals surface area contributed by atoms with Crippen molar-refractivity contribution < 1.29 is 13.2 Å². The number of hydrogen-bond acceptors (Lipinski definition) is 6. The molecule has 0 aliphatic rings. The van der Waals surface area contributed by atoms with Crippen LogP contribution in [0.25, 0.3) is 0 Å². The van der Waals surface area contributed by atoms with Crippen molar-refractivity contribution in [2.24, 2.45) is 5.14 Å². The first kappa shape index (κ1) is 11.0. The Kier molecular flexibility index (Phi) is 3.49. The van der Waals surface area contributed by atoms with Crippen LogP contribution in [0.15, 0.2) is 5.38 Å². The van der Waals surface area contributed by atoms with Crippen LogP contribution in [0, 0.1) is 0 Å². The van der Waals surface area contributed by atoms with Crippen LogP contribution >= 0.6 is 11.5 Å². The van der Waals surface area contributed by atoms with E-state index in [1.165, 1.54) is 5.38 Å². The summed E-state index contributed by atoms with van der Waals surface area (Å²) in [5.74, 6) is -0.751. The lowest BCUT2D eigenvalue weighted by Crippen LogP contribution is -2.31. The first-order valence-electron chi connectivity index (χ1n) is 3.55. The maximum Gasteiger partial charge on any atom is 0.272 e. The predicted molar refractivity (Wildman–Crippen MR) is 50.2 cm³/mol. The number of nitrogens with two attached hydrogens (primary N) is 1. The molecule has 1 amide bonds. The lowest BCUT2D eigenvalue weighted by atomic mass is 10.4. The van der Waals surface area contributed by atoms with E-state index in [1.54, 1.807) is 0 Å². The van der Waals surface area contributed by atoms with E-state index < -0.39 is 15.9 Å². The van der Waals surface area contributed by atoms with Crippen molar-refractivity contribution in [2.75, 3.05) is 12.3 Å². The molecule has 0 fully saturated rings. The smallest absolute Gasteiger partial charge is 0.272 e. The molecule has 0 aromatic carbocycles. The molecule has 0 spiro atoms. The number of amides is 1. The van der Waals surface area contributed by atoms with E-state index in [-0.39, 0.29) is 18.0 Å². The Hall–Kier alpha value is -1.06. The highest BCUT2D eigenvalue weighted by Gasteiger charge is 2.09. The van der Waals surface area contributed by atoms with Crippen LogP contribution in [-0.4, -0.2) is 36.2 Å². The second-order valence-corrected chi connectivity index (χ2v) is 4.76. The fraction of sp³-hybridized carbons (Fsp3) is 0.400. The molecule has 14 heavy (non-hydrogen) atoms. The number of hydrogen-bond donors (Lipinski definition) is 2. The van der Waals surface area contributed by atoms with E-state index in [2.05, 4.69) is 14.9 Å². The molecule has 0 radical (unpaired) electrons. The second kappa shape index (κ2) is 4.44. The average molecular weight is 236 g/mol. The van der Waals surface area contributed by atoms with Gasteiger partial charge in [0.25, 0.3) is 5.91 Å². The SMILES string of the molecule is NS(=O)(=O)CCNC(=O)c1csnn1. The molecule has 0 atom stereocenters. The standard InChI is InChI=1S/C5H8N4O3S2/c6-14(11,12)2-1-7-5(10)4-3-13-9-8-4/h3H,1-2H2,(H,7,10)(H2,6,11,12). The number of primary sulfonamides is 1. The van der Waals surface area contributed by atoms with Crippen molar-refractivity contribution in [3.05, 3.63) is 11.1 Å². The normalized spacial score (nSPS) is 11.2. The van der Waals surface area contributed by atoms with Crippen LogP contribution in [0.2, 0.25) is 0 Å². The molecule has 0 unspecified atom stereocenters. The molecular formula is C5H8N4O3S2. The lowest BCUT2D eigenvalue weighted by molar-refractivity contribution is 0.0951. The van der Waals surface area contributed by atoms with Gasteiger partial charge in [-0.3, -0.25) is 4.79 Å². The van der Waals surface area contributed by atoms with E-state index in [1.807, 2.05) is 0 Å². The van der Waals surface area contributed by atoms with E-state index in [0.29, 0.717) is 0 Å². The molecule has 1 aromatic rings. The largest absolute Gasteiger partial charge is 0.350 e. The third kappa shape index (κ3) is 3.77. The monoisotopic (exact) mass is 236 g/mol. The molecule has 9 heteroatoms. The summed E-state index contributed by atoms with van der Waals surface area (Å²) in [7, 11) is -3.54. The summed E-state index contributed by atoms with van der Waals surface area (Å²) < 4.78 is 24.5. The first-order chi connectivity index (χ1) is 6.49. The quantitative estimate of drug-likeness (QED) is 0.664. The molecule has 0 saturated carbocycles. The van der Waals surface area contributed by atoms with Gasteiger partial charge >= 0.3 is 0 Å². The Morgan fingerprint density at radius 1 is 1.64 bits per heavy atom. The zero-order valence-corrected chi connectivity index (χ0v) is 8.64. The van der Waals surface area contributed by atoms with E-state index in [0.717, 1.165) is 11.5 Å². The first-order valence-corrected chi connectivity index (χ1v) is 6.10. The zero-order valence-electron chi connectivity index (χ0n) is 7.00. The highest BCUT2D eigenvalue weighted by molar-refractivity contribution is 7.89. The molecule has 0 aliphatic carbocycles. The Morgan fingerprint density at radius 3 is 2.86 bits per heavy atom. The molecule has 78 valence electrons. The summed E-state index contributed by atoms with van der Waals surface area (Å²) in [6, 6.07) is 0. The van der Waals surface area contributed by atoms with Crippen molar-refractivity contribution in [3.63, 3.8) is 0 Å². The predicted octanol–water partition coefficient (Wildman–Crippen LogP) is -1.44. The Labute approximate surface area is 84.5 Å². The number of rotatable bonds is 4. The van der Waals surface area contributed by atoms with Gasteiger partial charge < -0.3 is 5.32 Å². The van der Waals surface area contributed by atoms with Gasteiger partial charge in [0.15, 0.2) is 5.69 Å². The lowest BCUT2D eigenvalue weighted by Gasteiger charge is -2.00. The minimum Gasteiger partial charge on any atom is -0.350 e. The Morgan fingerprint density at radius 2 is 2.36 bits per heavy atom. The van der Waals surface area contributed by atoms with E-state index in [4.69, 9.17) is 5.14 Å². The molecule has 1 rings (SSSR count). The summed E-state index contributed by atoms with van der Waals surface area (Å²) in [6.45, 7) is -0.0325. The Bertz CT molecular complexity index is 399. The average Bonchev–Trinajstić information content (AvgIpc) is 2.53. The van der Waals surface area contributed by atoms with Crippen molar-refractivity contribution >= 4 is 27.5 Å². The van der Waals surface area contributed by atoms with Crippen molar-refractivity contribution in [1.29, 1.82) is 0 Å². The highest BCUT2D eigenvalue weighted by atomic mass is 32.2. The van der Waals surface area contributed by atoms with Gasteiger partial charge in [0.2, 0.25) is 10.0 Å². The summed E-state index contributed by atoms with van der Waals surface area (Å²) in [5.41, 5.74) is 0.171. The summed E-state index contributed by atoms with van der Waals surface area (Å²) >= 11 is 1.04. The van der Waals surface area contributed by atoms with Gasteiger partial charge in [-0.2, -0.15) is 0 Å². The van der Waals surface area contributed by atoms with Gasteiger partial charge in [0.05, 0.1) is 5.75 Å². The second-order valence-electron chi connectivity index (χ2n) is 2.41. The fourth-order valence-corrected chi connectivity index (χ4v) is 1.48. The van der Waals surface area contributed by atoms with Gasteiger partial charge in [0.1, 0.15) is 0 Å². The topological polar surface area (TPSA) is 115 Å². The number of aromatic nitrogens is 2. The molecular weight excluding hydrogens is 228 g/mol. The minimum absolute atomic E-state index is 0.0325. The Balaban J connectivity index is 2.37. The van der Waals surface area contributed by atoms with Crippen LogP contribution in [0.5, 0.6) is 0 Å². The third-order valence-electron chi connectivity index (χ3n) is 1.26. The maximum atomic E-state index is 11.1. The molecule has 1 aromatic heterocycles. The number of sulfonamides is 1. The number of nitrogens with zero attached hydrogens (tertiary/aromatic N) is 2. The summed E-state index contributed by atoms with van der Waals surface area (Å²) in [4.78, 5) is 11.1. The maximum absolute atomic E-state index is 11.1. The van der Waals surface area contributed by atoms with Crippen LogP contribution in [0.1, 0.15) is 10.5 Å².